The summed E-state index contributed by atoms with van der Waals surface area (Å²) >= 11 is 0. The topological polar surface area (TPSA) is 80.5 Å². The lowest BCUT2D eigenvalue weighted by molar-refractivity contribution is -0.390. The molecule has 8 heteroatoms. The van der Waals surface area contributed by atoms with Gasteiger partial charge in [-0.2, -0.15) is 14.5 Å². The molecule has 0 radical (unpaired) electrons. The minimum Gasteiger partial charge on any atom is -0.462 e. The Kier molecular flexibility index (Phi) is 4.40. The molecule has 1 aromatic carbocycles. The molecule has 4 bridgehead atoms. The molecule has 1 aromatic heterocycles. The highest BCUT2D eigenvalue weighted by Gasteiger charge is 2.66. The van der Waals surface area contributed by atoms with Crippen molar-refractivity contribution >= 4 is 0 Å². The van der Waals surface area contributed by atoms with E-state index in [4.69, 9.17) is 19.2 Å². The number of hydrogen-bond acceptors (Lipinski definition) is 7. The summed E-state index contributed by atoms with van der Waals surface area (Å²) in [5, 5.41) is 11.9. The van der Waals surface area contributed by atoms with E-state index in [9.17, 15) is 0 Å². The molecule has 5 saturated carbocycles. The zero-order valence-corrected chi connectivity index (χ0v) is 18.3. The van der Waals surface area contributed by atoms with Gasteiger partial charge in [-0.15, -0.1) is 0 Å². The van der Waals surface area contributed by atoms with E-state index >= 15 is 0 Å². The first-order valence-corrected chi connectivity index (χ1v) is 12.2. The van der Waals surface area contributed by atoms with Gasteiger partial charge in [0.2, 0.25) is 11.6 Å². The largest absolute Gasteiger partial charge is 0.462 e. The standard InChI is InChI=1S/C24H30N4O4/c1-2-4-21(5-3-1)28-22(25-26-27-28)29-15-16-6-8-23(9-7-16)30-24(32-31-23)19-11-17-10-18(13-19)14-20(24)12-17/h1-5,16-20H,6-15H2. The molecule has 2 spiro atoms. The molecular formula is C24H30N4O4. The van der Waals surface area contributed by atoms with Crippen molar-refractivity contribution < 1.29 is 19.2 Å². The highest BCUT2D eigenvalue weighted by Crippen LogP contribution is 2.63. The minimum absolute atomic E-state index is 0.420. The van der Waals surface area contributed by atoms with E-state index in [0.29, 0.717) is 30.4 Å². The van der Waals surface area contributed by atoms with E-state index in [1.165, 1.54) is 32.1 Å². The minimum atomic E-state index is -0.572. The van der Waals surface area contributed by atoms with Crippen LogP contribution in [0.3, 0.4) is 0 Å². The molecule has 8 nitrogen and oxygen atoms in total. The predicted octanol–water partition coefficient (Wildman–Crippen LogP) is 4.06. The van der Waals surface area contributed by atoms with Crippen molar-refractivity contribution in [2.45, 2.75) is 69.4 Å². The van der Waals surface area contributed by atoms with Gasteiger partial charge >= 0.3 is 6.01 Å². The SMILES string of the molecule is c1ccc(-n2nnnc2OCC2CCC3(CC2)OOC2(O3)C3CC4CC(C3)CC2C4)cc1. The number of benzene rings is 1. The van der Waals surface area contributed by atoms with Crippen LogP contribution in [0.25, 0.3) is 5.69 Å². The lowest BCUT2D eigenvalue weighted by Crippen LogP contribution is -2.59. The van der Waals surface area contributed by atoms with Gasteiger partial charge in [-0.1, -0.05) is 23.3 Å². The molecule has 0 unspecified atom stereocenters. The first-order chi connectivity index (χ1) is 15.7. The quantitative estimate of drug-likeness (QED) is 0.666. The Bertz CT molecular complexity index is 943. The van der Waals surface area contributed by atoms with Crippen molar-refractivity contribution in [3.63, 3.8) is 0 Å². The maximum absolute atomic E-state index is 6.81. The van der Waals surface area contributed by atoms with Crippen LogP contribution in [0.2, 0.25) is 0 Å². The second-order valence-corrected chi connectivity index (χ2v) is 10.7. The summed E-state index contributed by atoms with van der Waals surface area (Å²) in [6.07, 6.45) is 10.1. The molecule has 1 saturated heterocycles. The van der Waals surface area contributed by atoms with Crippen molar-refractivity contribution in [1.82, 2.24) is 20.2 Å². The Morgan fingerprint density at radius 2 is 1.66 bits per heavy atom. The number of rotatable bonds is 4. The molecule has 32 heavy (non-hydrogen) atoms. The average Bonchev–Trinajstić information content (AvgIpc) is 3.44. The maximum Gasteiger partial charge on any atom is 0.340 e. The molecular weight excluding hydrogens is 408 g/mol. The predicted molar refractivity (Wildman–Crippen MR) is 112 cm³/mol. The number of para-hydroxylation sites is 1. The summed E-state index contributed by atoms with van der Waals surface area (Å²) in [7, 11) is 0. The van der Waals surface area contributed by atoms with E-state index in [0.717, 1.165) is 43.2 Å². The van der Waals surface area contributed by atoms with E-state index < -0.39 is 11.6 Å². The molecule has 2 heterocycles. The summed E-state index contributed by atoms with van der Waals surface area (Å²) in [5.74, 6) is 2.15. The van der Waals surface area contributed by atoms with Gasteiger partial charge in [-0.3, -0.25) is 0 Å². The van der Waals surface area contributed by atoms with Crippen LogP contribution in [-0.2, 0) is 14.5 Å². The van der Waals surface area contributed by atoms with Crippen molar-refractivity contribution in [2.75, 3.05) is 6.61 Å². The molecule has 0 amide bonds. The van der Waals surface area contributed by atoms with Gasteiger partial charge in [0.1, 0.15) is 0 Å². The van der Waals surface area contributed by atoms with Gasteiger partial charge in [-0.05, 0) is 85.3 Å². The molecule has 1 aliphatic heterocycles. The molecule has 8 rings (SSSR count). The zero-order valence-electron chi connectivity index (χ0n) is 18.3. The Labute approximate surface area is 187 Å². The van der Waals surface area contributed by atoms with E-state index in [1.54, 1.807) is 4.68 Å². The van der Waals surface area contributed by atoms with Gasteiger partial charge in [0.25, 0.3) is 0 Å². The Balaban J connectivity index is 0.981. The summed E-state index contributed by atoms with van der Waals surface area (Å²) in [6.45, 7) is 0.587. The van der Waals surface area contributed by atoms with Crippen LogP contribution in [0.5, 0.6) is 6.01 Å². The maximum atomic E-state index is 6.81. The van der Waals surface area contributed by atoms with Crippen molar-refractivity contribution in [2.24, 2.45) is 29.6 Å². The van der Waals surface area contributed by atoms with Gasteiger partial charge < -0.3 is 9.47 Å². The van der Waals surface area contributed by atoms with E-state index in [-0.39, 0.29) is 0 Å². The molecule has 0 N–H and O–H groups in total. The van der Waals surface area contributed by atoms with Crippen molar-refractivity contribution in [3.8, 4) is 11.7 Å². The smallest absolute Gasteiger partial charge is 0.340 e. The molecule has 6 fully saturated rings. The fourth-order valence-electron chi connectivity index (χ4n) is 7.27. The lowest BCUT2D eigenvalue weighted by atomic mass is 9.53. The normalized spacial score (nSPS) is 42.2. The Hall–Kier alpha value is -2.03. The Morgan fingerprint density at radius 3 is 2.38 bits per heavy atom. The number of aromatic nitrogens is 4. The average molecular weight is 439 g/mol. The first-order valence-electron chi connectivity index (χ1n) is 12.2. The summed E-state index contributed by atoms with van der Waals surface area (Å²) in [4.78, 5) is 12.2. The van der Waals surface area contributed by atoms with Crippen LogP contribution < -0.4 is 4.74 Å². The zero-order chi connectivity index (χ0) is 21.2. The third kappa shape index (κ3) is 3.03. The fourth-order valence-corrected chi connectivity index (χ4v) is 7.27. The summed E-state index contributed by atoms with van der Waals surface area (Å²) in [6, 6.07) is 10.2. The van der Waals surface area contributed by atoms with Crippen LogP contribution in [-0.4, -0.2) is 38.4 Å². The molecule has 5 aliphatic carbocycles. The van der Waals surface area contributed by atoms with Gasteiger partial charge in [-0.25, -0.2) is 0 Å². The number of ether oxygens (including phenoxy) is 2. The molecule has 170 valence electrons. The molecule has 6 aliphatic rings. The first kappa shape index (κ1) is 19.4. The lowest BCUT2D eigenvalue weighted by Gasteiger charge is -2.57. The number of nitrogens with zero attached hydrogens (tertiary/aromatic N) is 4. The fraction of sp³-hybridized carbons (Fsp3) is 0.708. The van der Waals surface area contributed by atoms with Crippen molar-refractivity contribution in [3.05, 3.63) is 30.3 Å². The van der Waals surface area contributed by atoms with Gasteiger partial charge in [0.15, 0.2) is 0 Å². The van der Waals surface area contributed by atoms with Gasteiger partial charge in [0, 0.05) is 24.7 Å². The van der Waals surface area contributed by atoms with Crippen LogP contribution in [0, 0.1) is 29.6 Å². The summed E-state index contributed by atoms with van der Waals surface area (Å²) < 4.78 is 14.5. The van der Waals surface area contributed by atoms with E-state index in [2.05, 4.69) is 15.5 Å². The van der Waals surface area contributed by atoms with Crippen LogP contribution >= 0.6 is 0 Å². The van der Waals surface area contributed by atoms with E-state index in [1.807, 2.05) is 30.3 Å². The number of tetrazole rings is 1. The second kappa shape index (κ2) is 7.23. The third-order valence-corrected chi connectivity index (χ3v) is 8.70. The van der Waals surface area contributed by atoms with Crippen LogP contribution in [0.1, 0.15) is 57.8 Å². The third-order valence-electron chi connectivity index (χ3n) is 8.70. The van der Waals surface area contributed by atoms with Crippen LogP contribution in [0.15, 0.2) is 30.3 Å². The van der Waals surface area contributed by atoms with Crippen molar-refractivity contribution in [1.29, 1.82) is 0 Å². The number of hydrogen-bond donors (Lipinski definition) is 0. The summed E-state index contributed by atoms with van der Waals surface area (Å²) in [5.41, 5.74) is 0.890. The Morgan fingerprint density at radius 1 is 0.938 bits per heavy atom. The molecule has 2 aromatic rings. The monoisotopic (exact) mass is 438 g/mol. The molecule has 0 atom stereocenters. The highest BCUT2D eigenvalue weighted by atomic mass is 17.3. The van der Waals surface area contributed by atoms with Gasteiger partial charge in [0.05, 0.1) is 12.3 Å². The highest BCUT2D eigenvalue weighted by molar-refractivity contribution is 5.31. The van der Waals surface area contributed by atoms with Crippen LogP contribution in [0.4, 0.5) is 0 Å². The second-order valence-electron chi connectivity index (χ2n) is 10.7.